The monoisotopic (exact) mass is 247 g/mol. The lowest BCUT2D eigenvalue weighted by atomic mass is 10.1. The highest BCUT2D eigenvalue weighted by Crippen LogP contribution is 2.28. The number of hydrogen-bond donors (Lipinski definition) is 1. The summed E-state index contributed by atoms with van der Waals surface area (Å²) in [5.41, 5.74) is 0. The van der Waals surface area contributed by atoms with Crippen LogP contribution in [0, 0.1) is 17.2 Å². The van der Waals surface area contributed by atoms with Crippen LogP contribution >= 0.6 is 0 Å². The molecule has 3 nitrogen and oxygen atoms in total. The van der Waals surface area contributed by atoms with Crippen LogP contribution in [-0.2, 0) is 0 Å². The second kappa shape index (κ2) is 4.83. The largest absolute Gasteiger partial charge is 0.405 e. The first-order valence-electron chi connectivity index (χ1n) is 5.94. The van der Waals surface area contributed by atoms with Crippen LogP contribution in [0.2, 0.25) is 0 Å². The Bertz CT molecular complexity index is 310. The lowest BCUT2D eigenvalue weighted by Gasteiger charge is -2.26. The summed E-state index contributed by atoms with van der Waals surface area (Å²) in [6.07, 6.45) is -1.37. The fraction of sp³-hybridized carbons (Fsp3) is 0.909. The Morgan fingerprint density at radius 3 is 2.65 bits per heavy atom. The topological polar surface area (TPSA) is 39.1 Å². The molecule has 96 valence electrons. The average molecular weight is 247 g/mol. The molecule has 0 saturated carbocycles. The minimum atomic E-state index is -4.41. The zero-order valence-corrected chi connectivity index (χ0v) is 9.50. The van der Waals surface area contributed by atoms with Gasteiger partial charge in [-0.2, -0.15) is 18.4 Å². The molecule has 2 heterocycles. The van der Waals surface area contributed by atoms with Gasteiger partial charge in [0, 0.05) is 25.2 Å². The van der Waals surface area contributed by atoms with Gasteiger partial charge in [-0.1, -0.05) is 0 Å². The highest BCUT2D eigenvalue weighted by Gasteiger charge is 2.41. The van der Waals surface area contributed by atoms with Gasteiger partial charge in [-0.25, -0.2) is 0 Å². The van der Waals surface area contributed by atoms with E-state index in [1.54, 1.807) is 4.90 Å². The van der Waals surface area contributed by atoms with E-state index in [-0.39, 0.29) is 6.54 Å². The quantitative estimate of drug-likeness (QED) is 0.804. The van der Waals surface area contributed by atoms with Crippen LogP contribution in [0.15, 0.2) is 0 Å². The second-order valence-electron chi connectivity index (χ2n) is 4.91. The Hall–Kier alpha value is -0.800. The number of nitriles is 1. The fourth-order valence-electron chi connectivity index (χ4n) is 2.66. The summed E-state index contributed by atoms with van der Waals surface area (Å²) in [5.74, 6) is -1.86. The van der Waals surface area contributed by atoms with Crippen molar-refractivity contribution >= 4 is 0 Å². The van der Waals surface area contributed by atoms with E-state index < -0.39 is 12.1 Å². The van der Waals surface area contributed by atoms with Crippen molar-refractivity contribution in [2.45, 2.75) is 37.5 Å². The summed E-state index contributed by atoms with van der Waals surface area (Å²) >= 11 is 0. The normalized spacial score (nSPS) is 31.9. The molecule has 0 spiro atoms. The van der Waals surface area contributed by atoms with E-state index in [0.717, 1.165) is 19.3 Å². The smallest absolute Gasteiger partial charge is 0.310 e. The summed E-state index contributed by atoms with van der Waals surface area (Å²) in [6, 6.07) is 2.12. The van der Waals surface area contributed by atoms with Crippen LogP contribution in [0.1, 0.15) is 19.3 Å². The molecule has 2 aliphatic heterocycles. The summed E-state index contributed by atoms with van der Waals surface area (Å²) in [7, 11) is 0. The maximum absolute atomic E-state index is 12.5. The van der Waals surface area contributed by atoms with Crippen LogP contribution in [0.4, 0.5) is 13.2 Å². The number of nitrogens with one attached hydrogen (secondary N) is 1. The molecule has 2 rings (SSSR count). The number of hydrogen-bond acceptors (Lipinski definition) is 3. The van der Waals surface area contributed by atoms with Crippen LogP contribution in [0.5, 0.6) is 0 Å². The minimum Gasteiger partial charge on any atom is -0.310 e. The molecule has 0 radical (unpaired) electrons. The van der Waals surface area contributed by atoms with Crippen LogP contribution in [0.3, 0.4) is 0 Å². The number of rotatable bonds is 2. The average Bonchev–Trinajstić information content (AvgIpc) is 2.55. The number of likely N-dealkylation sites (tertiary alicyclic amines) is 1. The molecule has 0 aromatic heterocycles. The molecule has 2 bridgehead atoms. The third kappa shape index (κ3) is 3.11. The van der Waals surface area contributed by atoms with Crippen molar-refractivity contribution in [3.63, 3.8) is 0 Å². The Kier molecular flexibility index (Phi) is 3.59. The molecule has 6 heteroatoms. The Morgan fingerprint density at radius 2 is 2.00 bits per heavy atom. The molecule has 1 N–H and O–H groups in total. The third-order valence-electron chi connectivity index (χ3n) is 3.60. The van der Waals surface area contributed by atoms with E-state index in [1.807, 2.05) is 0 Å². The van der Waals surface area contributed by atoms with Crippen LogP contribution < -0.4 is 5.32 Å². The molecule has 2 fully saturated rings. The summed E-state index contributed by atoms with van der Waals surface area (Å²) < 4.78 is 37.5. The van der Waals surface area contributed by atoms with E-state index in [9.17, 15) is 13.2 Å². The molecular weight excluding hydrogens is 231 g/mol. The Labute approximate surface area is 98.6 Å². The van der Waals surface area contributed by atoms with Gasteiger partial charge in [0.1, 0.15) is 0 Å². The molecule has 17 heavy (non-hydrogen) atoms. The first-order valence-corrected chi connectivity index (χ1v) is 5.94. The van der Waals surface area contributed by atoms with Crippen molar-refractivity contribution in [2.24, 2.45) is 5.92 Å². The predicted molar refractivity (Wildman–Crippen MR) is 56.2 cm³/mol. The summed E-state index contributed by atoms with van der Waals surface area (Å²) in [4.78, 5) is 1.78. The van der Waals surface area contributed by atoms with Crippen LogP contribution in [-0.4, -0.2) is 42.8 Å². The zero-order valence-electron chi connectivity index (χ0n) is 9.50. The van der Waals surface area contributed by atoms with E-state index in [0.29, 0.717) is 25.2 Å². The molecular formula is C11H16F3N3. The molecule has 3 unspecified atom stereocenters. The minimum absolute atomic E-state index is 0.190. The van der Waals surface area contributed by atoms with Gasteiger partial charge in [-0.05, 0) is 25.8 Å². The van der Waals surface area contributed by atoms with Gasteiger partial charge < -0.3 is 10.2 Å². The highest BCUT2D eigenvalue weighted by molar-refractivity contribution is 4.94. The summed E-state index contributed by atoms with van der Waals surface area (Å²) in [5, 5.41) is 12.0. The zero-order chi connectivity index (χ0) is 12.5. The molecule has 0 aromatic rings. The van der Waals surface area contributed by atoms with Crippen molar-refractivity contribution in [1.82, 2.24) is 10.2 Å². The standard InChI is InChI=1S/C11H16F3N3/c12-11(13,14)8(5-15)6-17-4-3-9-1-2-10(7-17)16-9/h8-10,16H,1-4,6-7H2. The van der Waals surface area contributed by atoms with E-state index >= 15 is 0 Å². The fourth-order valence-corrected chi connectivity index (χ4v) is 2.66. The van der Waals surface area contributed by atoms with Crippen LogP contribution in [0.25, 0.3) is 0 Å². The maximum atomic E-state index is 12.5. The van der Waals surface area contributed by atoms with Gasteiger partial charge in [-0.15, -0.1) is 0 Å². The van der Waals surface area contributed by atoms with Crippen molar-refractivity contribution in [2.75, 3.05) is 19.6 Å². The molecule has 3 atom stereocenters. The lowest BCUT2D eigenvalue weighted by Crippen LogP contribution is -2.41. The Balaban J connectivity index is 1.92. The van der Waals surface area contributed by atoms with Crippen molar-refractivity contribution in [3.05, 3.63) is 0 Å². The second-order valence-corrected chi connectivity index (χ2v) is 4.91. The van der Waals surface area contributed by atoms with Crippen molar-refractivity contribution in [3.8, 4) is 6.07 Å². The van der Waals surface area contributed by atoms with Gasteiger partial charge in [0.2, 0.25) is 0 Å². The van der Waals surface area contributed by atoms with E-state index in [2.05, 4.69) is 5.32 Å². The Morgan fingerprint density at radius 1 is 1.29 bits per heavy atom. The van der Waals surface area contributed by atoms with Crippen molar-refractivity contribution in [1.29, 1.82) is 5.26 Å². The number of fused-ring (bicyclic) bond motifs is 2. The van der Waals surface area contributed by atoms with Crippen molar-refractivity contribution < 1.29 is 13.2 Å². The van der Waals surface area contributed by atoms with Gasteiger partial charge in [0.05, 0.1) is 6.07 Å². The molecule has 2 saturated heterocycles. The third-order valence-corrected chi connectivity index (χ3v) is 3.60. The maximum Gasteiger partial charge on any atom is 0.405 e. The van der Waals surface area contributed by atoms with Gasteiger partial charge in [0.15, 0.2) is 5.92 Å². The molecule has 0 aliphatic carbocycles. The lowest BCUT2D eigenvalue weighted by molar-refractivity contribution is -0.163. The first kappa shape index (κ1) is 12.7. The first-order chi connectivity index (χ1) is 7.99. The number of halogens is 3. The van der Waals surface area contributed by atoms with E-state index in [1.165, 1.54) is 6.07 Å². The summed E-state index contributed by atoms with van der Waals surface area (Å²) in [6.45, 7) is 1.10. The molecule has 2 aliphatic rings. The van der Waals surface area contributed by atoms with Gasteiger partial charge in [0.25, 0.3) is 0 Å². The number of alkyl halides is 3. The highest BCUT2D eigenvalue weighted by atomic mass is 19.4. The molecule has 0 amide bonds. The van der Waals surface area contributed by atoms with Gasteiger partial charge in [-0.3, -0.25) is 0 Å². The number of nitrogens with zero attached hydrogens (tertiary/aromatic N) is 2. The van der Waals surface area contributed by atoms with Gasteiger partial charge >= 0.3 is 6.18 Å². The van der Waals surface area contributed by atoms with E-state index in [4.69, 9.17) is 5.26 Å². The predicted octanol–water partition coefficient (Wildman–Crippen LogP) is 1.51. The molecule has 0 aromatic carbocycles. The SMILES string of the molecule is N#CC(CN1CCC2CCC(C1)N2)C(F)(F)F.